The molecule has 2 aromatic rings. The van der Waals surface area contributed by atoms with Gasteiger partial charge in [-0.25, -0.2) is 4.39 Å². The van der Waals surface area contributed by atoms with Gasteiger partial charge < -0.3 is 20.6 Å². The molecule has 0 spiro atoms. The Labute approximate surface area is 208 Å². The van der Waals surface area contributed by atoms with Crippen LogP contribution in [0.3, 0.4) is 0 Å². The van der Waals surface area contributed by atoms with Crippen molar-refractivity contribution in [3.8, 4) is 0 Å². The molecule has 3 N–H and O–H groups in total. The number of benzene rings is 2. The summed E-state index contributed by atoms with van der Waals surface area (Å²) < 4.78 is 13.5. The average Bonchev–Trinajstić information content (AvgIpc) is 3.13. The van der Waals surface area contributed by atoms with Gasteiger partial charge in [-0.1, -0.05) is 42.0 Å². The average molecular weight is 500 g/mol. The van der Waals surface area contributed by atoms with Crippen molar-refractivity contribution in [1.82, 2.24) is 10.6 Å². The van der Waals surface area contributed by atoms with Crippen LogP contribution in [0.1, 0.15) is 29.5 Å². The Balaban J connectivity index is 1.69. The molecule has 3 amide bonds. The van der Waals surface area contributed by atoms with Crippen molar-refractivity contribution < 1.29 is 23.9 Å². The summed E-state index contributed by atoms with van der Waals surface area (Å²) in [6.45, 7) is 2.00. The first-order chi connectivity index (χ1) is 16.6. The van der Waals surface area contributed by atoms with Crippen LogP contribution in [0.15, 0.2) is 54.6 Å². The molecule has 7 nitrogen and oxygen atoms in total. The lowest BCUT2D eigenvalue weighted by Crippen LogP contribution is -2.52. The van der Waals surface area contributed by atoms with Crippen molar-refractivity contribution in [2.24, 2.45) is 0 Å². The van der Waals surface area contributed by atoms with Crippen molar-refractivity contribution in [2.45, 2.75) is 31.9 Å². The lowest BCUT2D eigenvalue weighted by Gasteiger charge is -2.22. The van der Waals surface area contributed by atoms with Crippen LogP contribution in [0.5, 0.6) is 0 Å². The minimum absolute atomic E-state index is 0.0805. The summed E-state index contributed by atoms with van der Waals surface area (Å²) >= 11 is 5.83. The highest BCUT2D eigenvalue weighted by Gasteiger charge is 2.51. The van der Waals surface area contributed by atoms with Gasteiger partial charge in [0.1, 0.15) is 5.82 Å². The monoisotopic (exact) mass is 499 g/mol. The van der Waals surface area contributed by atoms with Crippen molar-refractivity contribution in [2.75, 3.05) is 18.5 Å². The van der Waals surface area contributed by atoms with Crippen molar-refractivity contribution in [3.63, 3.8) is 0 Å². The molecular weight excluding hydrogens is 473 g/mol. The first kappa shape index (κ1) is 26.1. The van der Waals surface area contributed by atoms with Gasteiger partial charge in [0.15, 0.2) is 0 Å². The van der Waals surface area contributed by atoms with E-state index in [4.69, 9.17) is 11.6 Å². The van der Waals surface area contributed by atoms with E-state index in [9.17, 15) is 23.9 Å². The van der Waals surface area contributed by atoms with Crippen molar-refractivity contribution >= 4 is 41.1 Å². The number of hydrogen-bond donors (Lipinski definition) is 3. The lowest BCUT2D eigenvalue weighted by atomic mass is 10.0. The van der Waals surface area contributed by atoms with Gasteiger partial charge >= 0.3 is 0 Å². The van der Waals surface area contributed by atoms with E-state index in [2.05, 4.69) is 10.6 Å². The molecule has 1 heterocycles. The fourth-order valence-corrected chi connectivity index (χ4v) is 3.94. The number of nitrogens with zero attached hydrogens (tertiary/aromatic N) is 1. The number of aliphatic hydroxyl groups is 1. The van der Waals surface area contributed by atoms with Crippen LogP contribution >= 0.6 is 11.6 Å². The number of anilines is 1. The maximum Gasteiger partial charge on any atom is 0.268 e. The molecule has 1 aliphatic heterocycles. The molecular formula is C26H27ClFN3O4. The number of hydrogen-bond acceptors (Lipinski definition) is 4. The molecule has 1 saturated heterocycles. The summed E-state index contributed by atoms with van der Waals surface area (Å²) in [6, 6.07) is 9.26. The zero-order valence-electron chi connectivity index (χ0n) is 19.5. The van der Waals surface area contributed by atoms with E-state index >= 15 is 0 Å². The van der Waals surface area contributed by atoms with Crippen LogP contribution in [0.25, 0.3) is 6.08 Å². The van der Waals surface area contributed by atoms with E-state index in [0.29, 0.717) is 11.3 Å². The van der Waals surface area contributed by atoms with Gasteiger partial charge in [-0.2, -0.15) is 0 Å². The number of nitrogens with one attached hydrogen (secondary N) is 2. The fraction of sp³-hybridized carbons (Fsp3) is 0.269. The Morgan fingerprint density at radius 2 is 2.00 bits per heavy atom. The summed E-state index contributed by atoms with van der Waals surface area (Å²) in [5.41, 5.74) is 0.560. The van der Waals surface area contributed by atoms with E-state index in [1.807, 2.05) is 19.1 Å². The number of halogens is 2. The maximum absolute atomic E-state index is 13.5. The zero-order valence-corrected chi connectivity index (χ0v) is 20.2. The Hall–Kier alpha value is -3.49. The number of carbonyl (C=O) groups is 3. The highest BCUT2D eigenvalue weighted by molar-refractivity contribution is 6.30. The van der Waals surface area contributed by atoms with Gasteiger partial charge in [-0.15, -0.1) is 0 Å². The smallest absolute Gasteiger partial charge is 0.268 e. The molecule has 1 atom stereocenters. The van der Waals surface area contributed by atoms with Gasteiger partial charge in [0.25, 0.3) is 11.8 Å². The van der Waals surface area contributed by atoms with Gasteiger partial charge in [-0.3, -0.25) is 14.4 Å². The summed E-state index contributed by atoms with van der Waals surface area (Å²) in [5, 5.41) is 16.1. The maximum atomic E-state index is 13.5. The molecule has 1 fully saturated rings. The Morgan fingerprint density at radius 1 is 1.23 bits per heavy atom. The molecule has 35 heavy (non-hydrogen) atoms. The highest BCUT2D eigenvalue weighted by atomic mass is 35.5. The molecule has 184 valence electrons. The topological polar surface area (TPSA) is 98.7 Å². The lowest BCUT2D eigenvalue weighted by molar-refractivity contribution is -0.149. The van der Waals surface area contributed by atoms with Gasteiger partial charge in [0.05, 0.1) is 0 Å². The molecule has 0 bridgehead atoms. The van der Waals surface area contributed by atoms with Crippen LogP contribution in [0, 0.1) is 12.7 Å². The molecule has 0 saturated carbocycles. The van der Waals surface area contributed by atoms with Gasteiger partial charge in [0.2, 0.25) is 11.5 Å². The van der Waals surface area contributed by atoms with Crippen LogP contribution in [0.4, 0.5) is 10.1 Å². The van der Waals surface area contributed by atoms with E-state index < -0.39 is 23.2 Å². The van der Waals surface area contributed by atoms with Gasteiger partial charge in [0, 0.05) is 43.7 Å². The SMILES string of the molecule is CNC(=O)C/C=C\C=C/c1cc(N2CC[C@](O)(C(=O)NCc3cc(F)cc(Cl)c3)C2=O)ccc1C. The van der Waals surface area contributed by atoms with E-state index in [1.165, 1.54) is 17.0 Å². The Kier molecular flexibility index (Phi) is 8.43. The molecule has 3 rings (SSSR count). The van der Waals surface area contributed by atoms with E-state index in [1.54, 1.807) is 37.4 Å². The second-order valence-electron chi connectivity index (χ2n) is 8.23. The largest absolute Gasteiger partial charge is 0.372 e. The minimum atomic E-state index is -2.22. The summed E-state index contributed by atoms with van der Waals surface area (Å²) in [7, 11) is 1.58. The van der Waals surface area contributed by atoms with Crippen molar-refractivity contribution in [3.05, 3.63) is 82.2 Å². The van der Waals surface area contributed by atoms with Crippen LogP contribution in [0.2, 0.25) is 5.02 Å². The molecule has 0 aliphatic carbocycles. The van der Waals surface area contributed by atoms with Crippen LogP contribution in [-0.2, 0) is 20.9 Å². The first-order valence-electron chi connectivity index (χ1n) is 11.1. The second-order valence-corrected chi connectivity index (χ2v) is 8.67. The van der Waals surface area contributed by atoms with Crippen molar-refractivity contribution in [1.29, 1.82) is 0 Å². The van der Waals surface area contributed by atoms with E-state index in [-0.39, 0.29) is 36.9 Å². The summed E-state index contributed by atoms with van der Waals surface area (Å²) in [4.78, 5) is 38.4. The zero-order chi connectivity index (χ0) is 25.6. The second kappa shape index (κ2) is 11.3. The number of amides is 3. The highest BCUT2D eigenvalue weighted by Crippen LogP contribution is 2.30. The van der Waals surface area contributed by atoms with Gasteiger partial charge in [-0.05, 0) is 53.9 Å². The summed E-state index contributed by atoms with van der Waals surface area (Å²) in [5.74, 6) is -2.21. The van der Waals surface area contributed by atoms with E-state index in [0.717, 1.165) is 17.2 Å². The minimum Gasteiger partial charge on any atom is -0.372 e. The number of allylic oxidation sites excluding steroid dienone is 2. The molecule has 1 aliphatic rings. The summed E-state index contributed by atoms with van der Waals surface area (Å²) in [6.07, 6.45) is 7.33. The fourth-order valence-electron chi connectivity index (χ4n) is 3.69. The standard InChI is InChI=1S/C26H27ClFN3O4/c1-17-8-9-22(14-19(17)6-4-3-5-7-23(32)29-2)31-11-10-26(35,25(31)34)24(33)30-16-18-12-20(27)15-21(28)13-18/h3-6,8-9,12-15,35H,7,10-11,16H2,1-2H3,(H,29,32)(H,30,33)/b5-3-,6-4-/t26-/m0/s1. The first-order valence-corrected chi connectivity index (χ1v) is 11.4. The normalized spacial score (nSPS) is 18.0. The molecule has 0 unspecified atom stereocenters. The Morgan fingerprint density at radius 3 is 2.71 bits per heavy atom. The molecule has 9 heteroatoms. The number of carbonyl (C=O) groups excluding carboxylic acids is 3. The number of rotatable bonds is 8. The van der Waals surface area contributed by atoms with Crippen LogP contribution in [-0.4, -0.2) is 42.0 Å². The third kappa shape index (κ3) is 6.35. The predicted octanol–water partition coefficient (Wildman–Crippen LogP) is 3.28. The quantitative estimate of drug-likeness (QED) is 0.383. The molecule has 0 aromatic heterocycles. The molecule has 2 aromatic carbocycles. The Bertz CT molecular complexity index is 1180. The molecule has 0 radical (unpaired) electrons. The predicted molar refractivity (Wildman–Crippen MR) is 133 cm³/mol. The number of aryl methyl sites for hydroxylation is 1. The third-order valence-corrected chi connectivity index (χ3v) is 5.94. The van der Waals surface area contributed by atoms with Crippen LogP contribution < -0.4 is 15.5 Å². The third-order valence-electron chi connectivity index (χ3n) is 5.73.